The maximum Gasteiger partial charge on any atom is 0.227 e. The molecule has 2 aromatic heterocycles. The van der Waals surface area contributed by atoms with Crippen LogP contribution in [0.1, 0.15) is 43.9 Å². The average Bonchev–Trinajstić information content (AvgIpc) is 3.30. The molecule has 4 rings (SSSR count). The van der Waals surface area contributed by atoms with Gasteiger partial charge >= 0.3 is 0 Å². The van der Waals surface area contributed by atoms with Crippen molar-refractivity contribution in [2.75, 3.05) is 18.4 Å². The Morgan fingerprint density at radius 2 is 2.15 bits per heavy atom. The Kier molecular flexibility index (Phi) is 7.42. The SMILES string of the molecule is C=N/C=C\C=C(/C)c1nn(CC)cc1-c1ccnc(Nc2cccc(C3CCNCC3)c2)n1. The lowest BCUT2D eigenvalue weighted by Gasteiger charge is -2.23. The van der Waals surface area contributed by atoms with Gasteiger partial charge in [-0.1, -0.05) is 18.2 Å². The summed E-state index contributed by atoms with van der Waals surface area (Å²) in [5.41, 5.74) is 6.09. The zero-order chi connectivity index (χ0) is 23.0. The van der Waals surface area contributed by atoms with E-state index in [1.807, 2.05) is 36.0 Å². The fraction of sp³-hybridized carbons (Fsp3) is 0.308. The van der Waals surface area contributed by atoms with Crippen molar-refractivity contribution < 1.29 is 0 Å². The molecule has 0 unspecified atom stereocenters. The third-order valence-electron chi connectivity index (χ3n) is 5.88. The molecule has 7 heteroatoms. The van der Waals surface area contributed by atoms with Crippen LogP contribution in [0.3, 0.4) is 0 Å². The molecule has 3 aromatic rings. The summed E-state index contributed by atoms with van der Waals surface area (Å²) >= 11 is 0. The van der Waals surface area contributed by atoms with Gasteiger partial charge in [0.25, 0.3) is 0 Å². The Morgan fingerprint density at radius 1 is 1.30 bits per heavy atom. The summed E-state index contributed by atoms with van der Waals surface area (Å²) in [6.07, 6.45) is 11.7. The van der Waals surface area contributed by atoms with E-state index in [1.54, 1.807) is 12.4 Å². The summed E-state index contributed by atoms with van der Waals surface area (Å²) in [7, 11) is 0. The normalized spacial score (nSPS) is 15.2. The minimum Gasteiger partial charge on any atom is -0.324 e. The zero-order valence-electron chi connectivity index (χ0n) is 19.3. The third kappa shape index (κ3) is 5.62. The molecule has 7 nitrogen and oxygen atoms in total. The van der Waals surface area contributed by atoms with Crippen LogP contribution in [0.4, 0.5) is 11.6 Å². The fourth-order valence-electron chi connectivity index (χ4n) is 4.11. The molecule has 0 bridgehead atoms. The van der Waals surface area contributed by atoms with E-state index in [1.165, 1.54) is 18.4 Å². The summed E-state index contributed by atoms with van der Waals surface area (Å²) < 4.78 is 1.93. The molecule has 0 saturated carbocycles. The van der Waals surface area contributed by atoms with E-state index in [0.717, 1.165) is 47.8 Å². The van der Waals surface area contributed by atoms with Crippen LogP contribution in [0.5, 0.6) is 0 Å². The van der Waals surface area contributed by atoms with Crippen LogP contribution in [0, 0.1) is 0 Å². The summed E-state index contributed by atoms with van der Waals surface area (Å²) in [4.78, 5) is 13.0. The molecule has 1 aliphatic rings. The molecular weight excluding hydrogens is 410 g/mol. The lowest BCUT2D eigenvalue weighted by molar-refractivity contribution is 0.460. The second-order valence-electron chi connectivity index (χ2n) is 8.16. The first-order valence-corrected chi connectivity index (χ1v) is 11.5. The first kappa shape index (κ1) is 22.6. The highest BCUT2D eigenvalue weighted by Crippen LogP contribution is 2.29. The largest absolute Gasteiger partial charge is 0.324 e. The molecule has 33 heavy (non-hydrogen) atoms. The van der Waals surface area contributed by atoms with Crippen LogP contribution >= 0.6 is 0 Å². The maximum atomic E-state index is 4.81. The monoisotopic (exact) mass is 441 g/mol. The molecule has 0 radical (unpaired) electrons. The van der Waals surface area contributed by atoms with E-state index in [4.69, 9.17) is 10.1 Å². The predicted octanol–water partition coefficient (Wildman–Crippen LogP) is 5.19. The molecule has 0 amide bonds. The van der Waals surface area contributed by atoms with Crippen molar-refractivity contribution in [3.8, 4) is 11.3 Å². The van der Waals surface area contributed by atoms with Gasteiger partial charge in [-0.3, -0.25) is 9.67 Å². The quantitative estimate of drug-likeness (QED) is 0.371. The van der Waals surface area contributed by atoms with Crippen LogP contribution in [0.25, 0.3) is 16.8 Å². The summed E-state index contributed by atoms with van der Waals surface area (Å²) in [6.45, 7) is 10.5. The van der Waals surface area contributed by atoms with Gasteiger partial charge < -0.3 is 10.6 Å². The molecule has 0 atom stereocenters. The highest BCUT2D eigenvalue weighted by atomic mass is 15.3. The van der Waals surface area contributed by atoms with Crippen molar-refractivity contribution >= 4 is 23.9 Å². The van der Waals surface area contributed by atoms with E-state index < -0.39 is 0 Å². The second-order valence-corrected chi connectivity index (χ2v) is 8.16. The number of hydrogen-bond donors (Lipinski definition) is 2. The van der Waals surface area contributed by atoms with Gasteiger partial charge in [0, 0.05) is 36.4 Å². The number of nitrogens with zero attached hydrogens (tertiary/aromatic N) is 5. The van der Waals surface area contributed by atoms with Crippen LogP contribution in [0.2, 0.25) is 0 Å². The molecular formula is C26H31N7. The summed E-state index contributed by atoms with van der Waals surface area (Å²) in [6, 6.07) is 10.5. The van der Waals surface area contributed by atoms with Gasteiger partial charge in [-0.2, -0.15) is 5.10 Å². The highest BCUT2D eigenvalue weighted by Gasteiger charge is 2.16. The Morgan fingerprint density at radius 3 is 2.94 bits per heavy atom. The minimum atomic E-state index is 0.572. The topological polar surface area (TPSA) is 80.0 Å². The first-order valence-electron chi connectivity index (χ1n) is 11.5. The highest BCUT2D eigenvalue weighted by molar-refractivity contribution is 5.77. The van der Waals surface area contributed by atoms with Crippen LogP contribution in [-0.2, 0) is 6.54 Å². The van der Waals surface area contributed by atoms with E-state index in [2.05, 4.69) is 58.5 Å². The van der Waals surface area contributed by atoms with Gasteiger partial charge in [0.05, 0.1) is 11.4 Å². The lowest BCUT2D eigenvalue weighted by Crippen LogP contribution is -2.26. The van der Waals surface area contributed by atoms with E-state index in [9.17, 15) is 0 Å². The summed E-state index contributed by atoms with van der Waals surface area (Å²) in [5, 5.41) is 11.6. The minimum absolute atomic E-state index is 0.572. The zero-order valence-corrected chi connectivity index (χ0v) is 19.3. The average molecular weight is 442 g/mol. The number of aryl methyl sites for hydroxylation is 1. The molecule has 1 aromatic carbocycles. The standard InChI is InChI=1S/C26H31N7/c1-4-33-18-23(25(32-33)19(2)7-6-13-27-3)24-12-16-29-26(31-24)30-22-9-5-8-21(17-22)20-10-14-28-15-11-20/h5-9,12-13,16-18,20,28H,3-4,10-11,14-15H2,1-2H3,(H,29,30,31)/b13-6-,19-7+. The van der Waals surface area contributed by atoms with Crippen LogP contribution in [0.15, 0.2) is 66.1 Å². The number of nitrogens with one attached hydrogen (secondary N) is 2. The van der Waals surface area contributed by atoms with Crippen molar-refractivity contribution in [2.24, 2.45) is 4.99 Å². The number of aliphatic imine (C=N–C) groups is 1. The van der Waals surface area contributed by atoms with Gasteiger partial charge in [-0.05, 0) is 87.8 Å². The summed E-state index contributed by atoms with van der Waals surface area (Å²) in [5.74, 6) is 1.17. The molecule has 1 saturated heterocycles. The second kappa shape index (κ2) is 10.8. The number of rotatable bonds is 8. The Balaban J connectivity index is 1.60. The van der Waals surface area contributed by atoms with Crippen molar-refractivity contribution in [2.45, 2.75) is 39.2 Å². The number of hydrogen-bond acceptors (Lipinski definition) is 6. The number of allylic oxidation sites excluding steroid dienone is 3. The fourth-order valence-corrected chi connectivity index (χ4v) is 4.11. The van der Waals surface area contributed by atoms with Gasteiger partial charge in [0.2, 0.25) is 5.95 Å². The predicted molar refractivity (Wildman–Crippen MR) is 136 cm³/mol. The van der Waals surface area contributed by atoms with Crippen molar-refractivity contribution in [3.05, 3.63) is 72.3 Å². The van der Waals surface area contributed by atoms with Crippen molar-refractivity contribution in [3.63, 3.8) is 0 Å². The Labute approximate surface area is 195 Å². The van der Waals surface area contributed by atoms with E-state index in [-0.39, 0.29) is 0 Å². The molecule has 1 aliphatic heterocycles. The maximum absolute atomic E-state index is 4.81. The van der Waals surface area contributed by atoms with Gasteiger partial charge in [-0.15, -0.1) is 0 Å². The molecule has 1 fully saturated rings. The third-order valence-corrected chi connectivity index (χ3v) is 5.88. The number of anilines is 2. The van der Waals surface area contributed by atoms with E-state index in [0.29, 0.717) is 11.9 Å². The van der Waals surface area contributed by atoms with Gasteiger partial charge in [0.1, 0.15) is 0 Å². The van der Waals surface area contributed by atoms with Crippen LogP contribution in [-0.4, -0.2) is 39.6 Å². The molecule has 2 N–H and O–H groups in total. The smallest absolute Gasteiger partial charge is 0.227 e. The van der Waals surface area contributed by atoms with Gasteiger partial charge in [0.15, 0.2) is 0 Å². The molecule has 0 spiro atoms. The Bertz CT molecular complexity index is 1150. The van der Waals surface area contributed by atoms with E-state index >= 15 is 0 Å². The molecule has 170 valence electrons. The molecule has 3 heterocycles. The number of benzene rings is 1. The van der Waals surface area contributed by atoms with Gasteiger partial charge in [-0.25, -0.2) is 9.97 Å². The van der Waals surface area contributed by atoms with Crippen molar-refractivity contribution in [1.82, 2.24) is 25.1 Å². The lowest BCUT2D eigenvalue weighted by atomic mass is 9.90. The van der Waals surface area contributed by atoms with Crippen LogP contribution < -0.4 is 10.6 Å². The number of aromatic nitrogens is 4. The molecule has 0 aliphatic carbocycles. The van der Waals surface area contributed by atoms with Crippen molar-refractivity contribution in [1.29, 1.82) is 0 Å². The Hall–Kier alpha value is -3.58. The first-order chi connectivity index (χ1) is 16.2. The number of piperidine rings is 1.